The lowest BCUT2D eigenvalue weighted by atomic mass is 9.88. The maximum absolute atomic E-state index is 12.6. The van der Waals surface area contributed by atoms with Gasteiger partial charge in [0.1, 0.15) is 0 Å². The minimum absolute atomic E-state index is 0.0608. The fraction of sp³-hybridized carbons (Fsp3) is 0.600. The molecule has 0 unspecified atom stereocenters. The molecule has 1 aromatic rings. The minimum atomic E-state index is -3.45. The molecule has 1 N–H and O–H groups in total. The van der Waals surface area contributed by atoms with Crippen molar-refractivity contribution in [3.05, 3.63) is 28.2 Å². The second-order valence-corrected chi connectivity index (χ2v) is 9.61. The van der Waals surface area contributed by atoms with Gasteiger partial charge in [-0.1, -0.05) is 41.3 Å². The maximum Gasteiger partial charge on any atom is 0.240 e. The molecule has 0 bridgehead atoms. The Morgan fingerprint density at radius 1 is 1.29 bits per heavy atom. The van der Waals surface area contributed by atoms with Crippen LogP contribution >= 0.6 is 27.7 Å². The average molecular weight is 392 g/mol. The van der Waals surface area contributed by atoms with Crippen LogP contribution in [0.25, 0.3) is 0 Å². The molecule has 21 heavy (non-hydrogen) atoms. The Bertz CT molecular complexity index is 596. The summed E-state index contributed by atoms with van der Waals surface area (Å²) in [6.07, 6.45) is 7.92. The van der Waals surface area contributed by atoms with Gasteiger partial charge in [0.15, 0.2) is 0 Å². The zero-order chi connectivity index (χ0) is 15.5. The summed E-state index contributed by atoms with van der Waals surface area (Å²) in [7, 11) is -3.45. The first-order chi connectivity index (χ1) is 9.88. The van der Waals surface area contributed by atoms with Crippen molar-refractivity contribution in [2.45, 2.75) is 48.7 Å². The summed E-state index contributed by atoms with van der Waals surface area (Å²) in [5.41, 5.74) is 0.771. The van der Waals surface area contributed by atoms with Crippen molar-refractivity contribution < 1.29 is 8.42 Å². The van der Waals surface area contributed by atoms with E-state index in [4.69, 9.17) is 0 Å². The molecule has 0 aliphatic heterocycles. The van der Waals surface area contributed by atoms with Crippen LogP contribution in [0.2, 0.25) is 0 Å². The summed E-state index contributed by atoms with van der Waals surface area (Å²) in [4.78, 5) is 0.365. The summed E-state index contributed by atoms with van der Waals surface area (Å²) >= 11 is 5.14. The Labute approximate surface area is 140 Å². The molecule has 6 heteroatoms. The zero-order valence-corrected chi connectivity index (χ0v) is 15.7. The fourth-order valence-corrected chi connectivity index (χ4v) is 5.73. The summed E-state index contributed by atoms with van der Waals surface area (Å²) in [5.74, 6) is 0. The van der Waals surface area contributed by atoms with E-state index in [1.165, 1.54) is 19.3 Å². The first-order valence-electron chi connectivity index (χ1n) is 7.20. The van der Waals surface area contributed by atoms with Crippen molar-refractivity contribution >= 4 is 37.7 Å². The molecule has 0 saturated heterocycles. The Hall–Kier alpha value is -0.0400. The molecule has 0 spiro atoms. The highest BCUT2D eigenvalue weighted by molar-refractivity contribution is 9.10. The van der Waals surface area contributed by atoms with Gasteiger partial charge in [-0.25, -0.2) is 13.1 Å². The highest BCUT2D eigenvalue weighted by atomic mass is 79.9. The summed E-state index contributed by atoms with van der Waals surface area (Å²) in [5, 5.41) is 0. The normalized spacial score (nSPS) is 18.6. The molecule has 1 aromatic carbocycles. The third kappa shape index (κ3) is 4.24. The summed E-state index contributed by atoms with van der Waals surface area (Å²) in [6, 6.07) is 5.35. The zero-order valence-electron chi connectivity index (χ0n) is 12.5. The van der Waals surface area contributed by atoms with E-state index in [0.29, 0.717) is 11.4 Å². The third-order valence-electron chi connectivity index (χ3n) is 4.22. The van der Waals surface area contributed by atoms with Gasteiger partial charge in [-0.3, -0.25) is 0 Å². The van der Waals surface area contributed by atoms with Crippen LogP contribution in [0.15, 0.2) is 27.6 Å². The quantitative estimate of drug-likeness (QED) is 0.821. The van der Waals surface area contributed by atoms with Gasteiger partial charge in [-0.05, 0) is 43.7 Å². The molecule has 1 aliphatic rings. The van der Waals surface area contributed by atoms with E-state index in [1.54, 1.807) is 17.8 Å². The summed E-state index contributed by atoms with van der Waals surface area (Å²) < 4.78 is 28.8. The van der Waals surface area contributed by atoms with E-state index in [-0.39, 0.29) is 4.75 Å². The second-order valence-electron chi connectivity index (χ2n) is 5.68. The number of hydrogen-bond donors (Lipinski definition) is 1. The van der Waals surface area contributed by atoms with Gasteiger partial charge in [0.05, 0.1) is 4.90 Å². The smallest absolute Gasteiger partial charge is 0.210 e. The fourth-order valence-electron chi connectivity index (χ4n) is 2.82. The number of aryl methyl sites for hydroxylation is 1. The van der Waals surface area contributed by atoms with Crippen LogP contribution in [0.5, 0.6) is 0 Å². The Balaban J connectivity index is 2.15. The topological polar surface area (TPSA) is 46.2 Å². The van der Waals surface area contributed by atoms with Gasteiger partial charge in [-0.2, -0.15) is 11.8 Å². The highest BCUT2D eigenvalue weighted by Crippen LogP contribution is 2.38. The van der Waals surface area contributed by atoms with Gasteiger partial charge < -0.3 is 0 Å². The standard InChI is InChI=1S/C15H22BrNO2S2/c1-12-6-7-13(16)10-14(12)21(18,19)17-11-15(20-2)8-4-3-5-9-15/h6-7,10,17H,3-5,8-9,11H2,1-2H3. The van der Waals surface area contributed by atoms with Gasteiger partial charge >= 0.3 is 0 Å². The van der Waals surface area contributed by atoms with Crippen LogP contribution in [-0.4, -0.2) is 26.0 Å². The number of thioether (sulfide) groups is 1. The van der Waals surface area contributed by atoms with E-state index in [1.807, 2.05) is 19.1 Å². The highest BCUT2D eigenvalue weighted by Gasteiger charge is 2.32. The Morgan fingerprint density at radius 3 is 2.57 bits per heavy atom. The molecule has 1 fully saturated rings. The van der Waals surface area contributed by atoms with Crippen LogP contribution in [0, 0.1) is 6.92 Å². The predicted octanol–water partition coefficient (Wildman–Crippen LogP) is 4.10. The van der Waals surface area contributed by atoms with Gasteiger partial charge in [0.2, 0.25) is 10.0 Å². The van der Waals surface area contributed by atoms with Crippen molar-refractivity contribution in [1.29, 1.82) is 0 Å². The van der Waals surface area contributed by atoms with Gasteiger partial charge in [-0.15, -0.1) is 0 Å². The number of rotatable bonds is 5. The molecule has 2 rings (SSSR count). The van der Waals surface area contributed by atoms with Crippen LogP contribution in [-0.2, 0) is 10.0 Å². The molecule has 1 aliphatic carbocycles. The molecule has 118 valence electrons. The van der Waals surface area contributed by atoms with E-state index in [2.05, 4.69) is 26.9 Å². The molecule has 3 nitrogen and oxygen atoms in total. The van der Waals surface area contributed by atoms with Crippen molar-refractivity contribution in [3.8, 4) is 0 Å². The Kier molecular flexibility index (Phi) is 5.79. The lowest BCUT2D eigenvalue weighted by Gasteiger charge is -2.35. The largest absolute Gasteiger partial charge is 0.240 e. The molecule has 0 aromatic heterocycles. The van der Waals surface area contributed by atoms with Crippen LogP contribution in [0.3, 0.4) is 0 Å². The predicted molar refractivity (Wildman–Crippen MR) is 93.4 cm³/mol. The first-order valence-corrected chi connectivity index (χ1v) is 10.7. The number of nitrogens with one attached hydrogen (secondary N) is 1. The molecule has 0 heterocycles. The van der Waals surface area contributed by atoms with Crippen molar-refractivity contribution in [1.82, 2.24) is 4.72 Å². The number of benzene rings is 1. The third-order valence-corrected chi connectivity index (χ3v) is 7.68. The van der Waals surface area contributed by atoms with Crippen molar-refractivity contribution in [3.63, 3.8) is 0 Å². The van der Waals surface area contributed by atoms with E-state index in [0.717, 1.165) is 22.9 Å². The molecule has 1 saturated carbocycles. The van der Waals surface area contributed by atoms with Crippen LogP contribution in [0.4, 0.5) is 0 Å². The SMILES string of the molecule is CSC1(CNS(=O)(=O)c2cc(Br)ccc2C)CCCCC1. The van der Waals surface area contributed by atoms with Gasteiger partial charge in [0.25, 0.3) is 0 Å². The lowest BCUT2D eigenvalue weighted by Crippen LogP contribution is -2.41. The minimum Gasteiger partial charge on any atom is -0.210 e. The average Bonchev–Trinajstić information content (AvgIpc) is 2.49. The summed E-state index contributed by atoms with van der Waals surface area (Å²) in [6.45, 7) is 2.34. The van der Waals surface area contributed by atoms with Crippen LogP contribution in [0.1, 0.15) is 37.7 Å². The molecular formula is C15H22BrNO2S2. The number of sulfonamides is 1. The van der Waals surface area contributed by atoms with E-state index in [9.17, 15) is 8.42 Å². The monoisotopic (exact) mass is 391 g/mol. The van der Waals surface area contributed by atoms with Crippen molar-refractivity contribution in [2.75, 3.05) is 12.8 Å². The van der Waals surface area contributed by atoms with Crippen LogP contribution < -0.4 is 4.72 Å². The van der Waals surface area contributed by atoms with E-state index >= 15 is 0 Å². The molecule has 0 radical (unpaired) electrons. The second kappa shape index (κ2) is 7.02. The van der Waals surface area contributed by atoms with Gasteiger partial charge in [0, 0.05) is 15.8 Å². The molecule has 0 atom stereocenters. The number of hydrogen-bond acceptors (Lipinski definition) is 3. The van der Waals surface area contributed by atoms with Crippen molar-refractivity contribution in [2.24, 2.45) is 0 Å². The Morgan fingerprint density at radius 2 is 1.95 bits per heavy atom. The lowest BCUT2D eigenvalue weighted by molar-refractivity contribution is 0.395. The maximum atomic E-state index is 12.6. The molecule has 0 amide bonds. The first kappa shape index (κ1) is 17.3. The molecular weight excluding hydrogens is 370 g/mol. The van der Waals surface area contributed by atoms with E-state index < -0.39 is 10.0 Å². The number of halogens is 1.